The lowest BCUT2D eigenvalue weighted by atomic mass is 10.2. The van der Waals surface area contributed by atoms with Gasteiger partial charge in [0.25, 0.3) is 0 Å². The first-order valence-corrected chi connectivity index (χ1v) is 5.74. The number of hydrogen-bond acceptors (Lipinski definition) is 2. The van der Waals surface area contributed by atoms with Crippen LogP contribution in [-0.2, 0) is 9.59 Å². The van der Waals surface area contributed by atoms with Crippen molar-refractivity contribution in [1.82, 2.24) is 0 Å². The Kier molecular flexibility index (Phi) is 2.77. The van der Waals surface area contributed by atoms with Gasteiger partial charge in [0.2, 0.25) is 5.91 Å². The van der Waals surface area contributed by atoms with Crippen LogP contribution in [0.25, 0.3) is 0 Å². The summed E-state index contributed by atoms with van der Waals surface area (Å²) in [6.07, 6.45) is 0.0465. The smallest absolute Gasteiger partial charge is 0.234 e. The van der Waals surface area contributed by atoms with Crippen LogP contribution in [0.4, 0.5) is 5.69 Å². The highest BCUT2D eigenvalue weighted by Gasteiger charge is 2.29. The van der Waals surface area contributed by atoms with Gasteiger partial charge in [-0.05, 0) is 47.2 Å². The van der Waals surface area contributed by atoms with E-state index in [1.165, 1.54) is 0 Å². The molecule has 1 amide bonds. The molecule has 78 valence electrons. The van der Waals surface area contributed by atoms with Crippen molar-refractivity contribution in [3.63, 3.8) is 0 Å². The van der Waals surface area contributed by atoms with E-state index in [-0.39, 0.29) is 24.7 Å². The summed E-state index contributed by atoms with van der Waals surface area (Å²) >= 11 is 2.23. The fraction of sp³-hybridized carbons (Fsp3) is 0.273. The molecule has 1 aromatic carbocycles. The predicted molar refractivity (Wildman–Crippen MR) is 65.9 cm³/mol. The maximum Gasteiger partial charge on any atom is 0.234 e. The Morgan fingerprint density at radius 1 is 1.33 bits per heavy atom. The molecule has 0 atom stereocenters. The van der Waals surface area contributed by atoms with Gasteiger partial charge in [-0.1, -0.05) is 6.07 Å². The van der Waals surface area contributed by atoms with Crippen LogP contribution in [0, 0.1) is 10.5 Å². The average molecular weight is 315 g/mol. The second-order valence-electron chi connectivity index (χ2n) is 3.58. The van der Waals surface area contributed by atoms with Crippen LogP contribution < -0.4 is 4.90 Å². The fourth-order valence-electron chi connectivity index (χ4n) is 1.69. The second-order valence-corrected chi connectivity index (χ2v) is 4.74. The summed E-state index contributed by atoms with van der Waals surface area (Å²) in [5.74, 6) is -0.0941. The third kappa shape index (κ3) is 1.90. The van der Waals surface area contributed by atoms with Gasteiger partial charge in [-0.25, -0.2) is 0 Å². The molecule has 1 aromatic rings. The first kappa shape index (κ1) is 10.6. The standard InChI is InChI=1S/C11H10INO2/c1-7-9(12)3-2-4-10(7)13-6-8(14)5-11(13)15/h2-4H,5-6H2,1H3. The Morgan fingerprint density at radius 2 is 2.07 bits per heavy atom. The van der Waals surface area contributed by atoms with E-state index in [0.717, 1.165) is 14.8 Å². The van der Waals surface area contributed by atoms with Crippen molar-refractivity contribution in [2.24, 2.45) is 0 Å². The van der Waals surface area contributed by atoms with E-state index in [0.29, 0.717) is 0 Å². The zero-order valence-corrected chi connectivity index (χ0v) is 10.4. The molecule has 0 saturated carbocycles. The maximum atomic E-state index is 11.6. The number of anilines is 1. The number of amides is 1. The van der Waals surface area contributed by atoms with Gasteiger partial charge in [0, 0.05) is 9.26 Å². The van der Waals surface area contributed by atoms with E-state index >= 15 is 0 Å². The quantitative estimate of drug-likeness (QED) is 0.586. The molecule has 0 N–H and O–H groups in total. The molecule has 15 heavy (non-hydrogen) atoms. The predicted octanol–water partition coefficient (Wildman–Crippen LogP) is 1.91. The Labute approximate surface area is 102 Å². The number of ketones is 1. The summed E-state index contributed by atoms with van der Waals surface area (Å²) in [6, 6.07) is 5.77. The summed E-state index contributed by atoms with van der Waals surface area (Å²) in [4.78, 5) is 24.3. The Bertz CT molecular complexity index is 442. The van der Waals surface area contributed by atoms with Crippen molar-refractivity contribution in [2.75, 3.05) is 11.4 Å². The molecular formula is C11H10INO2. The highest BCUT2D eigenvalue weighted by atomic mass is 127. The van der Waals surface area contributed by atoms with Gasteiger partial charge in [0.05, 0.1) is 13.0 Å². The van der Waals surface area contributed by atoms with Gasteiger partial charge < -0.3 is 4.90 Å². The zero-order valence-electron chi connectivity index (χ0n) is 8.29. The molecule has 4 heteroatoms. The summed E-state index contributed by atoms with van der Waals surface area (Å²) in [5, 5.41) is 0. The van der Waals surface area contributed by atoms with Gasteiger partial charge in [0.1, 0.15) is 0 Å². The molecule has 0 unspecified atom stereocenters. The second kappa shape index (κ2) is 3.92. The fourth-order valence-corrected chi connectivity index (χ4v) is 2.18. The summed E-state index contributed by atoms with van der Waals surface area (Å²) < 4.78 is 1.11. The number of benzene rings is 1. The topological polar surface area (TPSA) is 37.4 Å². The van der Waals surface area contributed by atoms with Crippen LogP contribution in [0.5, 0.6) is 0 Å². The SMILES string of the molecule is Cc1c(I)cccc1N1CC(=O)CC1=O. The maximum absolute atomic E-state index is 11.6. The first-order valence-electron chi connectivity index (χ1n) is 4.67. The number of rotatable bonds is 1. The van der Waals surface area contributed by atoms with Gasteiger partial charge in [0.15, 0.2) is 5.78 Å². The van der Waals surface area contributed by atoms with Crippen molar-refractivity contribution in [2.45, 2.75) is 13.3 Å². The molecular weight excluding hydrogens is 305 g/mol. The van der Waals surface area contributed by atoms with Crippen molar-refractivity contribution in [1.29, 1.82) is 0 Å². The largest absolute Gasteiger partial charge is 0.304 e. The monoisotopic (exact) mass is 315 g/mol. The molecule has 0 bridgehead atoms. The number of Topliss-reactive ketones (excluding diaryl/α,β-unsaturated/α-hetero) is 1. The third-order valence-corrected chi connectivity index (χ3v) is 3.68. The molecule has 0 aliphatic carbocycles. The number of carbonyl (C=O) groups is 2. The van der Waals surface area contributed by atoms with Crippen LogP contribution in [0.2, 0.25) is 0 Å². The third-order valence-electron chi connectivity index (χ3n) is 2.51. The van der Waals surface area contributed by atoms with E-state index in [4.69, 9.17) is 0 Å². The molecule has 1 heterocycles. The lowest BCUT2D eigenvalue weighted by Crippen LogP contribution is -2.25. The van der Waals surface area contributed by atoms with E-state index in [2.05, 4.69) is 22.6 Å². The van der Waals surface area contributed by atoms with Crippen LogP contribution in [0.15, 0.2) is 18.2 Å². The Morgan fingerprint density at radius 3 is 2.67 bits per heavy atom. The highest BCUT2D eigenvalue weighted by molar-refractivity contribution is 14.1. The van der Waals surface area contributed by atoms with E-state index < -0.39 is 0 Å². The lowest BCUT2D eigenvalue weighted by Gasteiger charge is -2.17. The molecule has 2 rings (SSSR count). The summed E-state index contributed by atoms with van der Waals surface area (Å²) in [7, 11) is 0. The van der Waals surface area contributed by atoms with Gasteiger partial charge in [-0.15, -0.1) is 0 Å². The van der Waals surface area contributed by atoms with Gasteiger partial charge in [-0.2, -0.15) is 0 Å². The number of halogens is 1. The summed E-state index contributed by atoms with van der Waals surface area (Å²) in [6.45, 7) is 2.19. The molecule has 1 fully saturated rings. The molecule has 1 aliphatic rings. The van der Waals surface area contributed by atoms with E-state index in [1.807, 2.05) is 25.1 Å². The molecule has 1 saturated heterocycles. The molecule has 0 aromatic heterocycles. The zero-order chi connectivity index (χ0) is 11.0. The van der Waals surface area contributed by atoms with Crippen molar-refractivity contribution in [3.8, 4) is 0 Å². The van der Waals surface area contributed by atoms with Crippen molar-refractivity contribution < 1.29 is 9.59 Å². The average Bonchev–Trinajstić information content (AvgIpc) is 2.50. The number of nitrogens with zero attached hydrogens (tertiary/aromatic N) is 1. The Balaban J connectivity index is 2.42. The van der Waals surface area contributed by atoms with Crippen molar-refractivity contribution in [3.05, 3.63) is 27.3 Å². The number of hydrogen-bond donors (Lipinski definition) is 0. The van der Waals surface area contributed by atoms with Gasteiger partial charge in [-0.3, -0.25) is 9.59 Å². The molecule has 0 spiro atoms. The van der Waals surface area contributed by atoms with E-state index in [1.54, 1.807) is 4.90 Å². The molecule has 3 nitrogen and oxygen atoms in total. The Hall–Kier alpha value is -0.910. The van der Waals surface area contributed by atoms with Gasteiger partial charge >= 0.3 is 0 Å². The van der Waals surface area contributed by atoms with Crippen LogP contribution in [0.3, 0.4) is 0 Å². The van der Waals surface area contributed by atoms with Crippen LogP contribution in [-0.4, -0.2) is 18.2 Å². The minimum absolute atomic E-state index is 0.00161. The molecule has 0 radical (unpaired) electrons. The minimum Gasteiger partial charge on any atom is -0.304 e. The lowest BCUT2D eigenvalue weighted by molar-refractivity contribution is -0.121. The molecule has 1 aliphatic heterocycles. The van der Waals surface area contributed by atoms with E-state index in [9.17, 15) is 9.59 Å². The normalized spacial score (nSPS) is 16.3. The first-order chi connectivity index (χ1) is 7.09. The van der Waals surface area contributed by atoms with Crippen LogP contribution >= 0.6 is 22.6 Å². The van der Waals surface area contributed by atoms with Crippen molar-refractivity contribution >= 4 is 40.0 Å². The summed E-state index contributed by atoms with van der Waals surface area (Å²) in [5.41, 5.74) is 1.92. The minimum atomic E-state index is -0.0925. The van der Waals surface area contributed by atoms with Crippen LogP contribution in [0.1, 0.15) is 12.0 Å². The highest BCUT2D eigenvalue weighted by Crippen LogP contribution is 2.26. The number of carbonyl (C=O) groups excluding carboxylic acids is 2.